The number of fused-ring (bicyclic) bond motifs is 3. The Kier molecular flexibility index (Phi) is 9.24. The molecule has 1 aliphatic carbocycles. The maximum Gasteiger partial charge on any atom is 0.0543 e. The lowest BCUT2D eigenvalue weighted by Crippen LogP contribution is -2.17. The molecule has 0 saturated carbocycles. The van der Waals surface area contributed by atoms with Gasteiger partial charge in [-0.2, -0.15) is 0 Å². The minimum absolute atomic E-state index is 0.182. The van der Waals surface area contributed by atoms with Crippen molar-refractivity contribution in [3.63, 3.8) is 0 Å². The fraction of sp³-hybridized carbons (Fsp3) is 0.0526. The highest BCUT2D eigenvalue weighted by Crippen LogP contribution is 2.54. The Morgan fingerprint density at radius 3 is 1.25 bits per heavy atom. The zero-order valence-electron chi connectivity index (χ0n) is 33.3. The molecule has 0 amide bonds. The fourth-order valence-electron chi connectivity index (χ4n) is 8.88. The molecule has 2 heteroatoms. The summed E-state index contributed by atoms with van der Waals surface area (Å²) in [5, 5.41) is 0. The van der Waals surface area contributed by atoms with Crippen molar-refractivity contribution >= 4 is 34.1 Å². The van der Waals surface area contributed by atoms with Gasteiger partial charge in [0.1, 0.15) is 0 Å². The first-order valence-corrected chi connectivity index (χ1v) is 20.4. The minimum atomic E-state index is -0.182. The molecule has 9 aromatic rings. The minimum Gasteiger partial charge on any atom is -0.311 e. The number of nitrogens with zero attached hydrogens (tertiary/aromatic N) is 2. The second-order valence-electron chi connectivity index (χ2n) is 15.8. The van der Waals surface area contributed by atoms with E-state index in [1.807, 2.05) is 0 Å². The van der Waals surface area contributed by atoms with Gasteiger partial charge in [0.25, 0.3) is 0 Å². The first kappa shape index (κ1) is 36.0. The van der Waals surface area contributed by atoms with Crippen molar-refractivity contribution in [3.8, 4) is 44.5 Å². The van der Waals surface area contributed by atoms with Crippen molar-refractivity contribution in [2.75, 3.05) is 9.80 Å². The van der Waals surface area contributed by atoms with Gasteiger partial charge >= 0.3 is 0 Å². The van der Waals surface area contributed by atoms with Crippen molar-refractivity contribution in [1.82, 2.24) is 0 Å². The zero-order valence-corrected chi connectivity index (χ0v) is 33.3. The molecule has 0 radical (unpaired) electrons. The molecule has 0 unspecified atom stereocenters. The predicted octanol–water partition coefficient (Wildman–Crippen LogP) is 15.9. The quantitative estimate of drug-likeness (QED) is 0.145. The second-order valence-corrected chi connectivity index (χ2v) is 15.8. The molecule has 0 atom stereocenters. The molecule has 59 heavy (non-hydrogen) atoms. The van der Waals surface area contributed by atoms with Gasteiger partial charge in [0, 0.05) is 39.4 Å². The maximum absolute atomic E-state index is 2.48. The molecule has 9 aromatic carbocycles. The standard InChI is InChI=1S/C57H44N2/c1-57(2)54-32-16-15-31-51(54)53-39-52(43-33-35-48(36-34-43)58(46-25-11-5-12-26-46)47-27-13-6-14-28-47)56(40-55(53)57)59(49-29-17-23-44(37-49)41-19-7-3-8-20-41)50-30-18-24-45(38-50)42-21-9-4-10-22-42/h3-40H,1-2H3. The summed E-state index contributed by atoms with van der Waals surface area (Å²) in [6.45, 7) is 4.74. The van der Waals surface area contributed by atoms with Gasteiger partial charge < -0.3 is 9.80 Å². The van der Waals surface area contributed by atoms with E-state index in [1.54, 1.807) is 0 Å². The number of hydrogen-bond donors (Lipinski definition) is 0. The number of para-hydroxylation sites is 2. The van der Waals surface area contributed by atoms with Crippen LogP contribution in [0.15, 0.2) is 231 Å². The third-order valence-electron chi connectivity index (χ3n) is 11.8. The van der Waals surface area contributed by atoms with Gasteiger partial charge in [0.2, 0.25) is 0 Å². The van der Waals surface area contributed by atoms with Crippen LogP contribution < -0.4 is 9.80 Å². The molecule has 0 fully saturated rings. The molecule has 10 rings (SSSR count). The highest BCUT2D eigenvalue weighted by Gasteiger charge is 2.37. The van der Waals surface area contributed by atoms with Crippen LogP contribution in [0.2, 0.25) is 0 Å². The number of rotatable bonds is 9. The molecular weight excluding hydrogens is 713 g/mol. The van der Waals surface area contributed by atoms with Crippen LogP contribution in [0.5, 0.6) is 0 Å². The van der Waals surface area contributed by atoms with E-state index in [-0.39, 0.29) is 5.41 Å². The molecule has 0 saturated heterocycles. The Hall–Kier alpha value is -7.42. The number of benzene rings is 9. The monoisotopic (exact) mass is 756 g/mol. The second kappa shape index (κ2) is 15.2. The summed E-state index contributed by atoms with van der Waals surface area (Å²) in [6.07, 6.45) is 0. The number of anilines is 6. The van der Waals surface area contributed by atoms with Gasteiger partial charge in [-0.1, -0.05) is 172 Å². The SMILES string of the molecule is CC1(C)c2ccccc2-c2cc(-c3ccc(N(c4ccccc4)c4ccccc4)cc3)c(N(c3cccc(-c4ccccc4)c3)c3cccc(-c4ccccc4)c3)cc21. The molecule has 2 nitrogen and oxygen atoms in total. The Morgan fingerprint density at radius 1 is 0.271 bits per heavy atom. The van der Waals surface area contributed by atoms with E-state index in [4.69, 9.17) is 0 Å². The lowest BCUT2D eigenvalue weighted by Gasteiger charge is -2.31. The van der Waals surface area contributed by atoms with E-state index in [2.05, 4.69) is 254 Å². The predicted molar refractivity (Wildman–Crippen MR) is 250 cm³/mol. The van der Waals surface area contributed by atoms with Gasteiger partial charge in [0.15, 0.2) is 0 Å². The summed E-state index contributed by atoms with van der Waals surface area (Å²) in [6, 6.07) is 83.6. The van der Waals surface area contributed by atoms with Crippen molar-refractivity contribution in [3.05, 3.63) is 242 Å². The molecule has 0 heterocycles. The molecule has 0 spiro atoms. The summed E-state index contributed by atoms with van der Waals surface area (Å²) in [4.78, 5) is 4.80. The third-order valence-corrected chi connectivity index (χ3v) is 11.8. The smallest absolute Gasteiger partial charge is 0.0543 e. The highest BCUT2D eigenvalue weighted by atomic mass is 15.1. The Balaban J connectivity index is 1.20. The van der Waals surface area contributed by atoms with Crippen molar-refractivity contribution in [2.24, 2.45) is 0 Å². The van der Waals surface area contributed by atoms with Crippen LogP contribution >= 0.6 is 0 Å². The van der Waals surface area contributed by atoms with Gasteiger partial charge in [-0.25, -0.2) is 0 Å². The average Bonchev–Trinajstić information content (AvgIpc) is 3.53. The summed E-state index contributed by atoms with van der Waals surface area (Å²) < 4.78 is 0. The van der Waals surface area contributed by atoms with E-state index in [1.165, 1.54) is 50.1 Å². The lowest BCUT2D eigenvalue weighted by atomic mass is 9.81. The molecule has 1 aliphatic rings. The van der Waals surface area contributed by atoms with E-state index >= 15 is 0 Å². The number of hydrogen-bond acceptors (Lipinski definition) is 2. The van der Waals surface area contributed by atoms with E-state index < -0.39 is 0 Å². The molecule has 282 valence electrons. The third kappa shape index (κ3) is 6.69. The zero-order chi connectivity index (χ0) is 39.8. The summed E-state index contributed by atoms with van der Waals surface area (Å²) in [5.74, 6) is 0. The van der Waals surface area contributed by atoms with Crippen molar-refractivity contribution in [1.29, 1.82) is 0 Å². The largest absolute Gasteiger partial charge is 0.311 e. The van der Waals surface area contributed by atoms with Crippen LogP contribution in [0.25, 0.3) is 44.5 Å². The van der Waals surface area contributed by atoms with Crippen LogP contribution in [0.3, 0.4) is 0 Å². The van der Waals surface area contributed by atoms with Crippen LogP contribution in [0.4, 0.5) is 34.1 Å². The summed E-state index contributed by atoms with van der Waals surface area (Å²) >= 11 is 0. The molecule has 0 aromatic heterocycles. The van der Waals surface area contributed by atoms with E-state index in [0.29, 0.717) is 0 Å². The molecule has 0 bridgehead atoms. The lowest BCUT2D eigenvalue weighted by molar-refractivity contribution is 0.660. The van der Waals surface area contributed by atoms with Gasteiger partial charge in [-0.05, 0) is 123 Å². The van der Waals surface area contributed by atoms with Crippen LogP contribution in [0, 0.1) is 0 Å². The Labute approximate surface area is 347 Å². The van der Waals surface area contributed by atoms with Crippen LogP contribution in [0.1, 0.15) is 25.0 Å². The topological polar surface area (TPSA) is 6.48 Å². The van der Waals surface area contributed by atoms with Crippen molar-refractivity contribution < 1.29 is 0 Å². The van der Waals surface area contributed by atoms with Gasteiger partial charge in [-0.15, -0.1) is 0 Å². The van der Waals surface area contributed by atoms with Crippen molar-refractivity contribution in [2.45, 2.75) is 19.3 Å². The maximum atomic E-state index is 2.48. The summed E-state index contributed by atoms with van der Waals surface area (Å²) in [5.41, 5.74) is 18.8. The molecular formula is C57H44N2. The van der Waals surface area contributed by atoms with E-state index in [0.717, 1.165) is 39.7 Å². The fourth-order valence-corrected chi connectivity index (χ4v) is 8.88. The van der Waals surface area contributed by atoms with Gasteiger partial charge in [0.05, 0.1) is 5.69 Å². The Morgan fingerprint density at radius 2 is 0.712 bits per heavy atom. The first-order valence-electron chi connectivity index (χ1n) is 20.4. The van der Waals surface area contributed by atoms with E-state index in [9.17, 15) is 0 Å². The average molecular weight is 757 g/mol. The molecule has 0 aliphatic heterocycles. The van der Waals surface area contributed by atoms with Gasteiger partial charge in [-0.3, -0.25) is 0 Å². The summed E-state index contributed by atoms with van der Waals surface area (Å²) in [7, 11) is 0. The first-order chi connectivity index (χ1) is 29.0. The normalized spacial score (nSPS) is 12.4. The Bertz CT molecular complexity index is 2760. The molecule has 0 N–H and O–H groups in total. The van der Waals surface area contributed by atoms with Crippen LogP contribution in [-0.4, -0.2) is 0 Å². The van der Waals surface area contributed by atoms with Crippen LogP contribution in [-0.2, 0) is 5.41 Å². The highest BCUT2D eigenvalue weighted by molar-refractivity contribution is 5.96.